The van der Waals surface area contributed by atoms with Crippen molar-refractivity contribution in [2.75, 3.05) is 0 Å². The second-order valence-corrected chi connectivity index (χ2v) is 6.26. The van der Waals surface area contributed by atoms with Crippen molar-refractivity contribution in [1.29, 1.82) is 0 Å². The van der Waals surface area contributed by atoms with Gasteiger partial charge in [0.25, 0.3) is 5.89 Å². The standard InChI is InChI=1S/C15H10Br2N2O2/c16-11-4-1-9(2-5-11)7-14-18-15(21-19-14)10-3-6-12(17)13(20)8-10/h1-6,8,20H,7H2. The number of benzene rings is 2. The molecule has 2 aromatic carbocycles. The number of phenols is 1. The fourth-order valence-corrected chi connectivity index (χ4v) is 2.38. The summed E-state index contributed by atoms with van der Waals surface area (Å²) in [5, 5.41) is 13.7. The van der Waals surface area contributed by atoms with Crippen molar-refractivity contribution >= 4 is 31.9 Å². The van der Waals surface area contributed by atoms with Crippen LogP contribution in [0.3, 0.4) is 0 Å². The maximum atomic E-state index is 9.69. The van der Waals surface area contributed by atoms with Gasteiger partial charge < -0.3 is 9.63 Å². The Labute approximate surface area is 138 Å². The highest BCUT2D eigenvalue weighted by Crippen LogP contribution is 2.29. The molecule has 4 nitrogen and oxygen atoms in total. The van der Waals surface area contributed by atoms with Crippen molar-refractivity contribution in [1.82, 2.24) is 10.1 Å². The molecular formula is C15H10Br2N2O2. The molecule has 0 amide bonds. The molecule has 0 atom stereocenters. The van der Waals surface area contributed by atoms with Crippen LogP contribution >= 0.6 is 31.9 Å². The lowest BCUT2D eigenvalue weighted by molar-refractivity contribution is 0.423. The zero-order valence-corrected chi connectivity index (χ0v) is 13.9. The molecule has 106 valence electrons. The van der Waals surface area contributed by atoms with Crippen molar-refractivity contribution < 1.29 is 9.63 Å². The number of rotatable bonds is 3. The molecule has 0 radical (unpaired) electrons. The minimum atomic E-state index is 0.139. The molecule has 0 spiro atoms. The van der Waals surface area contributed by atoms with Gasteiger partial charge in [0.1, 0.15) is 5.75 Å². The summed E-state index contributed by atoms with van der Waals surface area (Å²) >= 11 is 6.64. The predicted molar refractivity (Wildman–Crippen MR) is 86.0 cm³/mol. The van der Waals surface area contributed by atoms with Gasteiger partial charge in [-0.1, -0.05) is 33.2 Å². The van der Waals surface area contributed by atoms with E-state index in [4.69, 9.17) is 4.52 Å². The monoisotopic (exact) mass is 408 g/mol. The SMILES string of the molecule is Oc1cc(-c2nc(Cc3ccc(Br)cc3)no2)ccc1Br. The quantitative estimate of drug-likeness (QED) is 0.688. The van der Waals surface area contributed by atoms with Gasteiger partial charge >= 0.3 is 0 Å². The number of phenolic OH excluding ortho intramolecular Hbond substituents is 1. The Hall–Kier alpha value is -1.66. The smallest absolute Gasteiger partial charge is 0.258 e. The van der Waals surface area contributed by atoms with E-state index < -0.39 is 0 Å². The van der Waals surface area contributed by atoms with Crippen molar-refractivity contribution in [3.8, 4) is 17.2 Å². The maximum Gasteiger partial charge on any atom is 0.258 e. The number of aromatic hydroxyl groups is 1. The van der Waals surface area contributed by atoms with Gasteiger partial charge in [-0.3, -0.25) is 0 Å². The number of aromatic nitrogens is 2. The van der Waals surface area contributed by atoms with E-state index in [1.807, 2.05) is 24.3 Å². The van der Waals surface area contributed by atoms with Crippen LogP contribution < -0.4 is 0 Å². The molecule has 1 aromatic heterocycles. The van der Waals surface area contributed by atoms with Crippen LogP contribution in [0.15, 0.2) is 55.9 Å². The van der Waals surface area contributed by atoms with Gasteiger partial charge in [-0.25, -0.2) is 0 Å². The molecule has 0 fully saturated rings. The summed E-state index contributed by atoms with van der Waals surface area (Å²) in [5.74, 6) is 1.14. The lowest BCUT2D eigenvalue weighted by Crippen LogP contribution is -1.90. The molecule has 0 aliphatic carbocycles. The average molecular weight is 410 g/mol. The highest BCUT2D eigenvalue weighted by molar-refractivity contribution is 9.10. The molecule has 0 aliphatic rings. The molecule has 0 bridgehead atoms. The van der Waals surface area contributed by atoms with Crippen LogP contribution in [0.2, 0.25) is 0 Å². The van der Waals surface area contributed by atoms with Crippen molar-refractivity contribution in [2.24, 2.45) is 0 Å². The first kappa shape index (κ1) is 14.3. The van der Waals surface area contributed by atoms with Gasteiger partial charge in [-0.15, -0.1) is 0 Å². The van der Waals surface area contributed by atoms with E-state index in [1.54, 1.807) is 18.2 Å². The first-order valence-corrected chi connectivity index (χ1v) is 7.76. The van der Waals surface area contributed by atoms with Crippen molar-refractivity contribution in [3.05, 3.63) is 62.8 Å². The predicted octanol–water partition coefficient (Wildman–Crippen LogP) is 4.56. The molecule has 3 aromatic rings. The summed E-state index contributed by atoms with van der Waals surface area (Å²) in [6.07, 6.45) is 0.597. The van der Waals surface area contributed by atoms with Crippen LogP contribution in [0, 0.1) is 0 Å². The second kappa shape index (κ2) is 5.99. The van der Waals surface area contributed by atoms with Crippen LogP contribution in [0.1, 0.15) is 11.4 Å². The van der Waals surface area contributed by atoms with Crippen molar-refractivity contribution in [2.45, 2.75) is 6.42 Å². The summed E-state index contributed by atoms with van der Waals surface area (Å²) in [6.45, 7) is 0. The molecule has 0 aliphatic heterocycles. The van der Waals surface area contributed by atoms with Gasteiger partial charge in [0.05, 0.1) is 4.47 Å². The zero-order valence-electron chi connectivity index (χ0n) is 10.8. The summed E-state index contributed by atoms with van der Waals surface area (Å²) in [7, 11) is 0. The molecule has 21 heavy (non-hydrogen) atoms. The Kier molecular flexibility index (Phi) is 4.07. The average Bonchev–Trinajstić information content (AvgIpc) is 2.93. The third-order valence-electron chi connectivity index (χ3n) is 2.94. The summed E-state index contributed by atoms with van der Waals surface area (Å²) < 4.78 is 6.90. The normalized spacial score (nSPS) is 10.8. The Morgan fingerprint density at radius 2 is 1.81 bits per heavy atom. The highest BCUT2D eigenvalue weighted by atomic mass is 79.9. The molecule has 1 N–H and O–H groups in total. The Morgan fingerprint density at radius 1 is 1.05 bits per heavy atom. The van der Waals surface area contributed by atoms with Crippen molar-refractivity contribution in [3.63, 3.8) is 0 Å². The Morgan fingerprint density at radius 3 is 2.52 bits per heavy atom. The van der Waals surface area contributed by atoms with E-state index in [0.29, 0.717) is 28.2 Å². The summed E-state index contributed by atoms with van der Waals surface area (Å²) in [4.78, 5) is 4.35. The minimum absolute atomic E-state index is 0.139. The third kappa shape index (κ3) is 3.33. The third-order valence-corrected chi connectivity index (χ3v) is 4.14. The van der Waals surface area contributed by atoms with E-state index in [0.717, 1.165) is 10.0 Å². The second-order valence-electron chi connectivity index (χ2n) is 4.49. The lowest BCUT2D eigenvalue weighted by Gasteiger charge is -1.98. The first-order chi connectivity index (χ1) is 10.1. The Balaban J connectivity index is 1.82. The summed E-state index contributed by atoms with van der Waals surface area (Å²) in [5.41, 5.74) is 1.79. The van der Waals surface area contributed by atoms with Crippen LogP contribution in [-0.4, -0.2) is 15.2 Å². The minimum Gasteiger partial charge on any atom is -0.507 e. The zero-order chi connectivity index (χ0) is 14.8. The molecule has 1 heterocycles. The highest BCUT2D eigenvalue weighted by Gasteiger charge is 2.11. The fraction of sp³-hybridized carbons (Fsp3) is 0.0667. The van der Waals surface area contributed by atoms with Gasteiger partial charge in [0.2, 0.25) is 0 Å². The van der Waals surface area contributed by atoms with Gasteiger partial charge in [-0.05, 0) is 51.8 Å². The maximum absolute atomic E-state index is 9.69. The largest absolute Gasteiger partial charge is 0.507 e. The fourth-order valence-electron chi connectivity index (χ4n) is 1.87. The van der Waals surface area contributed by atoms with Crippen LogP contribution in [0.4, 0.5) is 0 Å². The van der Waals surface area contributed by atoms with Crippen LogP contribution in [0.5, 0.6) is 5.75 Å². The molecule has 6 heteroatoms. The first-order valence-electron chi connectivity index (χ1n) is 6.18. The van der Waals surface area contributed by atoms with E-state index in [-0.39, 0.29) is 5.75 Å². The van der Waals surface area contributed by atoms with Gasteiger partial charge in [0, 0.05) is 16.5 Å². The van der Waals surface area contributed by atoms with E-state index in [1.165, 1.54) is 0 Å². The van der Waals surface area contributed by atoms with E-state index in [9.17, 15) is 5.11 Å². The molecule has 0 unspecified atom stereocenters. The molecule has 0 saturated heterocycles. The topological polar surface area (TPSA) is 59.2 Å². The Bertz CT molecular complexity index is 770. The molecular weight excluding hydrogens is 400 g/mol. The number of halogens is 2. The van der Waals surface area contributed by atoms with Crippen LogP contribution in [-0.2, 0) is 6.42 Å². The number of nitrogens with zero attached hydrogens (tertiary/aromatic N) is 2. The number of hydrogen-bond donors (Lipinski definition) is 1. The van der Waals surface area contributed by atoms with E-state index >= 15 is 0 Å². The van der Waals surface area contributed by atoms with E-state index in [2.05, 4.69) is 42.0 Å². The van der Waals surface area contributed by atoms with Gasteiger partial charge in [0.15, 0.2) is 5.82 Å². The lowest BCUT2D eigenvalue weighted by atomic mass is 10.1. The van der Waals surface area contributed by atoms with Gasteiger partial charge in [-0.2, -0.15) is 4.98 Å². The molecule has 0 saturated carbocycles. The van der Waals surface area contributed by atoms with Crippen LogP contribution in [0.25, 0.3) is 11.5 Å². The molecule has 3 rings (SSSR count). The number of hydrogen-bond acceptors (Lipinski definition) is 4. The summed E-state index contributed by atoms with van der Waals surface area (Å²) in [6, 6.07) is 13.1.